The number of carbonyl (C=O) groups excluding carboxylic acids is 1. The molecule has 0 radical (unpaired) electrons. The fraction of sp³-hybridized carbons (Fsp3) is 0.389. The highest BCUT2D eigenvalue weighted by atomic mass is 16.2. The zero-order chi connectivity index (χ0) is 16.2. The van der Waals surface area contributed by atoms with Gasteiger partial charge >= 0.3 is 0 Å². The van der Waals surface area contributed by atoms with Crippen molar-refractivity contribution in [2.75, 3.05) is 29.9 Å². The number of aromatic nitrogens is 2. The Morgan fingerprint density at radius 2 is 1.78 bits per heavy atom. The number of amides is 1. The second-order valence-corrected chi connectivity index (χ2v) is 6.03. The number of para-hydroxylation sites is 1. The summed E-state index contributed by atoms with van der Waals surface area (Å²) in [6.45, 7) is 3.62. The number of piperidine rings is 1. The van der Waals surface area contributed by atoms with Gasteiger partial charge in [0.25, 0.3) is 0 Å². The fourth-order valence-corrected chi connectivity index (χ4v) is 2.97. The van der Waals surface area contributed by atoms with Crippen molar-refractivity contribution in [1.82, 2.24) is 10.2 Å². The minimum Gasteiger partial charge on any atom is -0.355 e. The van der Waals surface area contributed by atoms with E-state index in [2.05, 4.69) is 15.1 Å². The third kappa shape index (κ3) is 3.50. The van der Waals surface area contributed by atoms with Crippen molar-refractivity contribution in [2.45, 2.75) is 19.8 Å². The molecule has 0 saturated carbocycles. The standard InChI is InChI=1S/C18H22N4O/c1-14-8-9-17(20-19-14)22-12-10-15(11-13-22)18(23)21(2)16-6-4-3-5-7-16/h3-9,15H,10-13H2,1-2H3. The quantitative estimate of drug-likeness (QED) is 0.874. The molecule has 3 rings (SSSR count). The van der Waals surface area contributed by atoms with E-state index in [9.17, 15) is 4.79 Å². The maximum Gasteiger partial charge on any atom is 0.229 e. The van der Waals surface area contributed by atoms with Crippen molar-refractivity contribution in [3.63, 3.8) is 0 Å². The van der Waals surface area contributed by atoms with Crippen LogP contribution in [0.2, 0.25) is 0 Å². The first-order chi connectivity index (χ1) is 11.1. The predicted octanol–water partition coefficient (Wildman–Crippen LogP) is 2.66. The average molecular weight is 310 g/mol. The molecule has 0 spiro atoms. The molecule has 1 amide bonds. The Hall–Kier alpha value is -2.43. The fourth-order valence-electron chi connectivity index (χ4n) is 2.97. The highest BCUT2D eigenvalue weighted by Gasteiger charge is 2.28. The molecule has 1 aliphatic rings. The second kappa shape index (κ2) is 6.77. The van der Waals surface area contributed by atoms with Gasteiger partial charge in [0.2, 0.25) is 5.91 Å². The van der Waals surface area contributed by atoms with Crippen LogP contribution < -0.4 is 9.80 Å². The zero-order valence-electron chi connectivity index (χ0n) is 13.6. The van der Waals surface area contributed by atoms with Crippen LogP contribution in [0.25, 0.3) is 0 Å². The van der Waals surface area contributed by atoms with Crippen LogP contribution in [0.3, 0.4) is 0 Å². The third-order valence-corrected chi connectivity index (χ3v) is 4.43. The van der Waals surface area contributed by atoms with Crippen molar-refractivity contribution in [2.24, 2.45) is 5.92 Å². The maximum atomic E-state index is 12.7. The number of carbonyl (C=O) groups is 1. The molecule has 5 nitrogen and oxygen atoms in total. The summed E-state index contributed by atoms with van der Waals surface area (Å²) >= 11 is 0. The zero-order valence-corrected chi connectivity index (χ0v) is 13.6. The molecule has 23 heavy (non-hydrogen) atoms. The van der Waals surface area contributed by atoms with Gasteiger partial charge in [0.05, 0.1) is 5.69 Å². The molecule has 1 aromatic carbocycles. The van der Waals surface area contributed by atoms with E-state index in [4.69, 9.17) is 0 Å². The van der Waals surface area contributed by atoms with Crippen molar-refractivity contribution in [3.05, 3.63) is 48.2 Å². The molecule has 0 aliphatic carbocycles. The number of aryl methyl sites for hydroxylation is 1. The van der Waals surface area contributed by atoms with E-state index >= 15 is 0 Å². The van der Waals surface area contributed by atoms with E-state index in [1.165, 1.54) is 0 Å². The first-order valence-electron chi connectivity index (χ1n) is 8.03. The number of anilines is 2. The normalized spacial score (nSPS) is 15.5. The Labute approximate surface area is 136 Å². The van der Waals surface area contributed by atoms with Crippen molar-refractivity contribution < 1.29 is 4.79 Å². The molecule has 0 atom stereocenters. The maximum absolute atomic E-state index is 12.7. The Morgan fingerprint density at radius 3 is 2.39 bits per heavy atom. The molecular weight excluding hydrogens is 288 g/mol. The molecule has 1 aromatic heterocycles. The summed E-state index contributed by atoms with van der Waals surface area (Å²) in [4.78, 5) is 16.6. The lowest BCUT2D eigenvalue weighted by Crippen LogP contribution is -2.41. The minimum atomic E-state index is 0.0786. The van der Waals surface area contributed by atoms with Gasteiger partial charge in [0.1, 0.15) is 0 Å². The van der Waals surface area contributed by atoms with Crippen LogP contribution >= 0.6 is 0 Å². The molecular formula is C18H22N4O. The molecule has 5 heteroatoms. The van der Waals surface area contributed by atoms with Gasteiger partial charge in [0, 0.05) is 31.7 Å². The average Bonchev–Trinajstić information content (AvgIpc) is 2.62. The summed E-state index contributed by atoms with van der Waals surface area (Å²) < 4.78 is 0. The molecule has 0 bridgehead atoms. The number of hydrogen-bond donors (Lipinski definition) is 0. The first kappa shape index (κ1) is 15.5. The molecule has 0 unspecified atom stereocenters. The number of nitrogens with zero attached hydrogens (tertiary/aromatic N) is 4. The minimum absolute atomic E-state index is 0.0786. The summed E-state index contributed by atoms with van der Waals surface area (Å²) in [7, 11) is 1.86. The van der Waals surface area contributed by atoms with E-state index in [0.717, 1.165) is 43.1 Å². The lowest BCUT2D eigenvalue weighted by molar-refractivity contribution is -0.122. The Morgan fingerprint density at radius 1 is 1.09 bits per heavy atom. The molecule has 2 aromatic rings. The topological polar surface area (TPSA) is 49.3 Å². The van der Waals surface area contributed by atoms with Gasteiger partial charge < -0.3 is 9.80 Å². The van der Waals surface area contributed by atoms with E-state index in [-0.39, 0.29) is 11.8 Å². The van der Waals surface area contributed by atoms with Crippen LogP contribution in [-0.4, -0.2) is 36.2 Å². The predicted molar refractivity (Wildman–Crippen MR) is 91.6 cm³/mol. The number of benzene rings is 1. The number of rotatable bonds is 3. The van der Waals surface area contributed by atoms with Gasteiger partial charge in [-0.1, -0.05) is 18.2 Å². The highest BCUT2D eigenvalue weighted by molar-refractivity contribution is 5.94. The van der Waals surface area contributed by atoms with Gasteiger partial charge in [-0.2, -0.15) is 5.10 Å². The lowest BCUT2D eigenvalue weighted by Gasteiger charge is -2.33. The Kier molecular flexibility index (Phi) is 4.55. The van der Waals surface area contributed by atoms with Gasteiger partial charge in [-0.25, -0.2) is 0 Å². The molecule has 1 saturated heterocycles. The smallest absolute Gasteiger partial charge is 0.229 e. The van der Waals surface area contributed by atoms with Gasteiger partial charge in [-0.05, 0) is 44.0 Å². The van der Waals surface area contributed by atoms with Crippen molar-refractivity contribution in [3.8, 4) is 0 Å². The van der Waals surface area contributed by atoms with Crippen LogP contribution in [0.4, 0.5) is 11.5 Å². The van der Waals surface area contributed by atoms with E-state index < -0.39 is 0 Å². The Balaban J connectivity index is 1.60. The Bertz CT molecular complexity index is 648. The molecule has 0 N–H and O–H groups in total. The largest absolute Gasteiger partial charge is 0.355 e. The molecule has 2 heterocycles. The van der Waals surface area contributed by atoms with Crippen LogP contribution in [0.15, 0.2) is 42.5 Å². The summed E-state index contributed by atoms with van der Waals surface area (Å²) in [6, 6.07) is 13.8. The molecule has 1 fully saturated rings. The van der Waals surface area contributed by atoms with Crippen LogP contribution in [0.5, 0.6) is 0 Å². The van der Waals surface area contributed by atoms with E-state index in [1.54, 1.807) is 4.90 Å². The summed E-state index contributed by atoms with van der Waals surface area (Å²) in [6.07, 6.45) is 1.71. The number of hydrogen-bond acceptors (Lipinski definition) is 4. The molecule has 120 valence electrons. The van der Waals surface area contributed by atoms with E-state index in [0.29, 0.717) is 0 Å². The van der Waals surface area contributed by atoms with E-state index in [1.807, 2.05) is 56.4 Å². The van der Waals surface area contributed by atoms with Crippen molar-refractivity contribution in [1.29, 1.82) is 0 Å². The van der Waals surface area contributed by atoms with Crippen LogP contribution in [0, 0.1) is 12.8 Å². The SMILES string of the molecule is Cc1ccc(N2CCC(C(=O)N(C)c3ccccc3)CC2)nn1. The second-order valence-electron chi connectivity index (χ2n) is 6.03. The van der Waals surface area contributed by atoms with Crippen molar-refractivity contribution >= 4 is 17.4 Å². The van der Waals surface area contributed by atoms with Crippen LogP contribution in [-0.2, 0) is 4.79 Å². The van der Waals surface area contributed by atoms with Gasteiger partial charge in [-0.3, -0.25) is 4.79 Å². The summed E-state index contributed by atoms with van der Waals surface area (Å²) in [5.41, 5.74) is 1.87. The lowest BCUT2D eigenvalue weighted by atomic mass is 9.95. The third-order valence-electron chi connectivity index (χ3n) is 4.43. The molecule has 1 aliphatic heterocycles. The van der Waals surface area contributed by atoms with Crippen LogP contribution in [0.1, 0.15) is 18.5 Å². The van der Waals surface area contributed by atoms with Gasteiger partial charge in [0.15, 0.2) is 5.82 Å². The summed E-state index contributed by atoms with van der Waals surface area (Å²) in [5, 5.41) is 8.34. The highest BCUT2D eigenvalue weighted by Crippen LogP contribution is 2.24. The first-order valence-corrected chi connectivity index (χ1v) is 8.03. The van der Waals surface area contributed by atoms with Gasteiger partial charge in [-0.15, -0.1) is 5.10 Å². The monoisotopic (exact) mass is 310 g/mol. The summed E-state index contributed by atoms with van der Waals surface area (Å²) in [5.74, 6) is 1.18.